The smallest absolute Gasteiger partial charge is 0.261 e. The Bertz CT molecular complexity index is 602. The van der Waals surface area contributed by atoms with Crippen molar-refractivity contribution in [3.05, 3.63) is 35.7 Å². The molecule has 0 aliphatic rings. The van der Waals surface area contributed by atoms with E-state index in [1.165, 1.54) is 0 Å². The Morgan fingerprint density at radius 1 is 1.50 bits per heavy atom. The molecular formula is C12H12N6O2. The second-order valence-electron chi connectivity index (χ2n) is 3.94. The minimum atomic E-state index is -0.671. The first-order chi connectivity index (χ1) is 9.69. The highest BCUT2D eigenvalue weighted by atomic mass is 16.5. The zero-order valence-electron chi connectivity index (χ0n) is 10.7. The Morgan fingerprint density at radius 3 is 2.85 bits per heavy atom. The van der Waals surface area contributed by atoms with Gasteiger partial charge in [-0.1, -0.05) is 5.21 Å². The van der Waals surface area contributed by atoms with E-state index in [0.717, 1.165) is 0 Å². The molecule has 8 nitrogen and oxygen atoms in total. The summed E-state index contributed by atoms with van der Waals surface area (Å²) in [4.78, 5) is 11.8. The summed E-state index contributed by atoms with van der Waals surface area (Å²) in [5.41, 5.74) is 0.534. The van der Waals surface area contributed by atoms with E-state index in [9.17, 15) is 4.79 Å². The molecule has 2 aromatic rings. The molecule has 1 heterocycles. The van der Waals surface area contributed by atoms with E-state index in [1.54, 1.807) is 31.2 Å². The number of aromatic amines is 1. The number of nitrogens with zero attached hydrogens (tertiary/aromatic N) is 4. The summed E-state index contributed by atoms with van der Waals surface area (Å²) in [6, 6.07) is 8.54. The van der Waals surface area contributed by atoms with Crippen LogP contribution in [0.4, 0.5) is 0 Å². The number of carbonyl (C=O) groups excluding carboxylic acids is 1. The third-order valence-electron chi connectivity index (χ3n) is 2.48. The highest BCUT2D eigenvalue weighted by Crippen LogP contribution is 2.13. The standard InChI is InChI=1S/C12H12N6O2/c1-8(12(19)14-7-11-15-17-18-16-11)20-10-4-2-9(6-13)3-5-10/h2-5,8H,7H2,1H3,(H,14,19)(H,15,16,17,18). The Balaban J connectivity index is 1.85. The first-order valence-corrected chi connectivity index (χ1v) is 5.86. The van der Waals surface area contributed by atoms with E-state index in [0.29, 0.717) is 17.1 Å². The van der Waals surface area contributed by atoms with Gasteiger partial charge in [0.1, 0.15) is 5.75 Å². The number of rotatable bonds is 5. The van der Waals surface area contributed by atoms with Crippen molar-refractivity contribution in [2.45, 2.75) is 19.6 Å². The van der Waals surface area contributed by atoms with E-state index < -0.39 is 6.10 Å². The number of amides is 1. The van der Waals surface area contributed by atoms with E-state index in [4.69, 9.17) is 10.00 Å². The molecule has 2 rings (SSSR count). The summed E-state index contributed by atoms with van der Waals surface area (Å²) in [6.45, 7) is 1.81. The average molecular weight is 272 g/mol. The van der Waals surface area contributed by atoms with Crippen molar-refractivity contribution in [3.8, 4) is 11.8 Å². The summed E-state index contributed by atoms with van der Waals surface area (Å²) in [7, 11) is 0. The molecular weight excluding hydrogens is 260 g/mol. The van der Waals surface area contributed by atoms with Crippen LogP contribution in [-0.4, -0.2) is 32.6 Å². The molecule has 1 unspecified atom stereocenters. The molecule has 0 spiro atoms. The first-order valence-electron chi connectivity index (χ1n) is 5.86. The number of nitrogens with one attached hydrogen (secondary N) is 2. The fourth-order valence-corrected chi connectivity index (χ4v) is 1.43. The van der Waals surface area contributed by atoms with Crippen LogP contribution in [0.15, 0.2) is 24.3 Å². The second-order valence-corrected chi connectivity index (χ2v) is 3.94. The summed E-state index contributed by atoms with van der Waals surface area (Å²) < 4.78 is 5.46. The van der Waals surface area contributed by atoms with Crippen molar-refractivity contribution < 1.29 is 9.53 Å². The van der Waals surface area contributed by atoms with Crippen LogP contribution in [-0.2, 0) is 11.3 Å². The van der Waals surface area contributed by atoms with Crippen molar-refractivity contribution in [3.63, 3.8) is 0 Å². The molecule has 0 aliphatic carbocycles. The summed E-state index contributed by atoms with van der Waals surface area (Å²) in [5.74, 6) is 0.620. The van der Waals surface area contributed by atoms with Gasteiger partial charge in [-0.3, -0.25) is 4.79 Å². The van der Waals surface area contributed by atoms with Crippen molar-refractivity contribution in [1.82, 2.24) is 25.9 Å². The lowest BCUT2D eigenvalue weighted by atomic mass is 10.2. The van der Waals surface area contributed by atoms with Crippen LogP contribution >= 0.6 is 0 Å². The van der Waals surface area contributed by atoms with Gasteiger partial charge in [-0.05, 0) is 31.2 Å². The monoisotopic (exact) mass is 272 g/mol. The molecule has 0 bridgehead atoms. The normalized spacial score (nSPS) is 11.4. The Hall–Kier alpha value is -2.95. The van der Waals surface area contributed by atoms with Crippen LogP contribution in [0.25, 0.3) is 0 Å². The number of hydrogen-bond acceptors (Lipinski definition) is 6. The minimum absolute atomic E-state index is 0.177. The molecule has 20 heavy (non-hydrogen) atoms. The lowest BCUT2D eigenvalue weighted by Gasteiger charge is -2.13. The second kappa shape index (κ2) is 6.29. The highest BCUT2D eigenvalue weighted by Gasteiger charge is 2.14. The van der Waals surface area contributed by atoms with Crippen molar-refractivity contribution in [2.24, 2.45) is 0 Å². The van der Waals surface area contributed by atoms with Crippen molar-refractivity contribution >= 4 is 5.91 Å². The number of hydrogen-bond donors (Lipinski definition) is 2. The molecule has 102 valence electrons. The van der Waals surface area contributed by atoms with Crippen LogP contribution in [0, 0.1) is 11.3 Å². The number of carbonyl (C=O) groups is 1. The van der Waals surface area contributed by atoms with Gasteiger partial charge in [0, 0.05) is 0 Å². The van der Waals surface area contributed by atoms with Crippen LogP contribution in [0.1, 0.15) is 18.3 Å². The van der Waals surface area contributed by atoms with Gasteiger partial charge >= 0.3 is 0 Å². The number of ether oxygens (including phenoxy) is 1. The molecule has 2 N–H and O–H groups in total. The summed E-state index contributed by atoms with van der Waals surface area (Å²) in [6.07, 6.45) is -0.671. The number of tetrazole rings is 1. The Morgan fingerprint density at radius 2 is 2.25 bits per heavy atom. The predicted molar refractivity (Wildman–Crippen MR) is 67.3 cm³/mol. The number of nitriles is 1. The molecule has 1 aromatic carbocycles. The largest absolute Gasteiger partial charge is 0.481 e. The maximum absolute atomic E-state index is 11.8. The van der Waals surface area contributed by atoms with Crippen molar-refractivity contribution in [2.75, 3.05) is 0 Å². The fraction of sp³-hybridized carbons (Fsp3) is 0.250. The predicted octanol–water partition coefficient (Wildman–Crippen LogP) is 0.155. The van der Waals surface area contributed by atoms with Crippen LogP contribution in [0.2, 0.25) is 0 Å². The lowest BCUT2D eigenvalue weighted by Crippen LogP contribution is -2.36. The quantitative estimate of drug-likeness (QED) is 0.800. The van der Waals surface area contributed by atoms with Gasteiger partial charge < -0.3 is 10.1 Å². The van der Waals surface area contributed by atoms with Gasteiger partial charge in [0.25, 0.3) is 5.91 Å². The number of H-pyrrole nitrogens is 1. The fourth-order valence-electron chi connectivity index (χ4n) is 1.43. The lowest BCUT2D eigenvalue weighted by molar-refractivity contribution is -0.127. The zero-order chi connectivity index (χ0) is 14.4. The van der Waals surface area contributed by atoms with Gasteiger partial charge in [0.15, 0.2) is 11.9 Å². The van der Waals surface area contributed by atoms with E-state index in [-0.39, 0.29) is 12.5 Å². The van der Waals surface area contributed by atoms with E-state index in [2.05, 4.69) is 25.9 Å². The third kappa shape index (κ3) is 3.52. The molecule has 0 radical (unpaired) electrons. The Kier molecular flexibility index (Phi) is 4.24. The van der Waals surface area contributed by atoms with Gasteiger partial charge in [0.05, 0.1) is 18.2 Å². The zero-order valence-corrected chi connectivity index (χ0v) is 10.7. The van der Waals surface area contributed by atoms with Crippen LogP contribution < -0.4 is 10.1 Å². The minimum Gasteiger partial charge on any atom is -0.481 e. The third-order valence-corrected chi connectivity index (χ3v) is 2.48. The Labute approximate surface area is 114 Å². The van der Waals surface area contributed by atoms with Crippen LogP contribution in [0.5, 0.6) is 5.75 Å². The topological polar surface area (TPSA) is 117 Å². The highest BCUT2D eigenvalue weighted by molar-refractivity contribution is 5.80. The van der Waals surface area contributed by atoms with Gasteiger partial charge in [-0.15, -0.1) is 10.2 Å². The molecule has 1 aromatic heterocycles. The van der Waals surface area contributed by atoms with Crippen molar-refractivity contribution in [1.29, 1.82) is 5.26 Å². The van der Waals surface area contributed by atoms with E-state index in [1.807, 2.05) is 6.07 Å². The average Bonchev–Trinajstić information content (AvgIpc) is 2.98. The molecule has 0 fully saturated rings. The van der Waals surface area contributed by atoms with Gasteiger partial charge in [-0.2, -0.15) is 10.5 Å². The molecule has 0 saturated heterocycles. The van der Waals surface area contributed by atoms with Crippen LogP contribution in [0.3, 0.4) is 0 Å². The SMILES string of the molecule is CC(Oc1ccc(C#N)cc1)C(=O)NCc1nn[nH]n1. The molecule has 1 atom stereocenters. The molecule has 0 saturated carbocycles. The summed E-state index contributed by atoms with van der Waals surface area (Å²) >= 11 is 0. The molecule has 0 aliphatic heterocycles. The first kappa shape index (κ1) is 13.5. The van der Waals surface area contributed by atoms with Gasteiger partial charge in [-0.25, -0.2) is 0 Å². The number of aromatic nitrogens is 4. The maximum atomic E-state index is 11.8. The maximum Gasteiger partial charge on any atom is 0.261 e. The van der Waals surface area contributed by atoms with E-state index >= 15 is 0 Å². The molecule has 1 amide bonds. The van der Waals surface area contributed by atoms with Gasteiger partial charge in [0.2, 0.25) is 0 Å². The summed E-state index contributed by atoms with van der Waals surface area (Å²) in [5, 5.41) is 24.4. The molecule has 8 heteroatoms. The number of benzene rings is 1.